The zero-order chi connectivity index (χ0) is 24.0. The van der Waals surface area contributed by atoms with Crippen LogP contribution in [0.15, 0.2) is 50.6 Å². The minimum atomic E-state index is -0.418. The van der Waals surface area contributed by atoms with Crippen LogP contribution >= 0.6 is 0 Å². The molecule has 184 valence electrons. The summed E-state index contributed by atoms with van der Waals surface area (Å²) in [5.74, 6) is 0.428. The molecule has 3 rings (SSSR count). The number of ether oxygens (including phenoxy) is 2. The van der Waals surface area contributed by atoms with Gasteiger partial charge >= 0.3 is 11.6 Å². The fraction of sp³-hybridized carbons (Fsp3) is 0.519. The Hall–Kier alpha value is -3.09. The second-order valence-electron chi connectivity index (χ2n) is 8.48. The Morgan fingerprint density at radius 1 is 0.941 bits per heavy atom. The fourth-order valence-electron chi connectivity index (χ4n) is 3.79. The molecule has 3 heterocycles. The fourth-order valence-corrected chi connectivity index (χ4v) is 3.79. The predicted molar refractivity (Wildman–Crippen MR) is 131 cm³/mol. The zero-order valence-electron chi connectivity index (χ0n) is 20.1. The maximum absolute atomic E-state index is 12.2. The first-order chi connectivity index (χ1) is 16.7. The van der Waals surface area contributed by atoms with Crippen molar-refractivity contribution >= 4 is 16.9 Å². The molecular weight excluding hydrogens is 434 g/mol. The smallest absolute Gasteiger partial charge is 0.344 e. The average Bonchev–Trinajstić information content (AvgIpc) is 3.38. The van der Waals surface area contributed by atoms with E-state index in [4.69, 9.17) is 18.3 Å². The van der Waals surface area contributed by atoms with E-state index in [0.717, 1.165) is 31.1 Å². The molecule has 34 heavy (non-hydrogen) atoms. The molecule has 0 radical (unpaired) electrons. The number of carbonyl (C=O) groups is 1. The Morgan fingerprint density at radius 3 is 2.26 bits per heavy atom. The summed E-state index contributed by atoms with van der Waals surface area (Å²) in [5.41, 5.74) is 1.16. The maximum Gasteiger partial charge on any atom is 0.344 e. The summed E-state index contributed by atoms with van der Waals surface area (Å²) in [6, 6.07) is 5.31. The molecule has 0 N–H and O–H groups in total. The van der Waals surface area contributed by atoms with Crippen LogP contribution in [0.5, 0.6) is 5.88 Å². The lowest BCUT2D eigenvalue weighted by Gasteiger charge is -2.07. The molecule has 3 aromatic rings. The van der Waals surface area contributed by atoms with Gasteiger partial charge in [0.15, 0.2) is 5.58 Å². The van der Waals surface area contributed by atoms with Gasteiger partial charge in [0.2, 0.25) is 5.88 Å². The third-order valence-corrected chi connectivity index (χ3v) is 5.77. The molecule has 0 spiro atoms. The van der Waals surface area contributed by atoms with Crippen molar-refractivity contribution in [2.45, 2.75) is 77.6 Å². The van der Waals surface area contributed by atoms with Gasteiger partial charge in [-0.3, -0.25) is 4.79 Å². The first-order valence-electron chi connectivity index (χ1n) is 12.4. The molecule has 0 fully saturated rings. The van der Waals surface area contributed by atoms with Crippen molar-refractivity contribution in [3.05, 3.63) is 47.3 Å². The van der Waals surface area contributed by atoms with Gasteiger partial charge in [0.05, 0.1) is 37.5 Å². The van der Waals surface area contributed by atoms with E-state index in [9.17, 15) is 9.59 Å². The van der Waals surface area contributed by atoms with Gasteiger partial charge in [0.25, 0.3) is 0 Å². The lowest BCUT2D eigenvalue weighted by molar-refractivity contribution is -0.143. The van der Waals surface area contributed by atoms with Crippen molar-refractivity contribution in [1.82, 2.24) is 4.98 Å². The lowest BCUT2D eigenvalue weighted by atomic mass is 10.1. The van der Waals surface area contributed by atoms with E-state index >= 15 is 0 Å². The third kappa shape index (κ3) is 8.36. The average molecular weight is 470 g/mol. The second-order valence-corrected chi connectivity index (χ2v) is 8.48. The highest BCUT2D eigenvalue weighted by atomic mass is 16.5. The molecule has 0 aliphatic rings. The molecule has 0 aliphatic heterocycles. The number of nitrogens with zero attached hydrogens (tertiary/aromatic N) is 1. The van der Waals surface area contributed by atoms with Crippen LogP contribution in [0.3, 0.4) is 0 Å². The molecule has 0 atom stereocenters. The number of carbonyl (C=O) groups excluding carboxylic acids is 1. The number of hydrogen-bond donors (Lipinski definition) is 0. The summed E-state index contributed by atoms with van der Waals surface area (Å²) >= 11 is 0. The van der Waals surface area contributed by atoms with E-state index in [0.29, 0.717) is 42.2 Å². The number of furan rings is 1. The highest BCUT2D eigenvalue weighted by Crippen LogP contribution is 2.23. The first kappa shape index (κ1) is 25.5. The second kappa shape index (κ2) is 14.2. The summed E-state index contributed by atoms with van der Waals surface area (Å²) in [5, 5.41) is 0.766. The van der Waals surface area contributed by atoms with E-state index in [-0.39, 0.29) is 5.97 Å². The summed E-state index contributed by atoms with van der Waals surface area (Å²) < 4.78 is 21.3. The van der Waals surface area contributed by atoms with Crippen molar-refractivity contribution in [3.8, 4) is 17.0 Å². The zero-order valence-corrected chi connectivity index (χ0v) is 20.1. The lowest BCUT2D eigenvalue weighted by Crippen LogP contribution is -2.03. The maximum atomic E-state index is 12.2. The van der Waals surface area contributed by atoms with E-state index in [2.05, 4.69) is 4.98 Å². The monoisotopic (exact) mass is 469 g/mol. The van der Waals surface area contributed by atoms with Crippen LogP contribution in [0, 0.1) is 0 Å². The quantitative estimate of drug-likeness (QED) is 0.171. The van der Waals surface area contributed by atoms with Crippen LogP contribution in [-0.4, -0.2) is 24.2 Å². The van der Waals surface area contributed by atoms with Crippen LogP contribution in [-0.2, 0) is 9.53 Å². The van der Waals surface area contributed by atoms with Crippen LogP contribution in [0.1, 0.15) is 77.6 Å². The van der Waals surface area contributed by atoms with E-state index in [1.165, 1.54) is 57.2 Å². The molecule has 3 aromatic heterocycles. The first-order valence-corrected chi connectivity index (χ1v) is 12.4. The molecule has 0 aliphatic carbocycles. The topological polar surface area (TPSA) is 91.8 Å². The number of aromatic nitrogens is 1. The normalized spacial score (nSPS) is 11.1. The van der Waals surface area contributed by atoms with Gasteiger partial charge in [-0.15, -0.1) is 0 Å². The van der Waals surface area contributed by atoms with Gasteiger partial charge < -0.3 is 18.3 Å². The predicted octanol–water partition coefficient (Wildman–Crippen LogP) is 6.68. The third-order valence-electron chi connectivity index (χ3n) is 5.77. The Morgan fingerprint density at radius 2 is 1.62 bits per heavy atom. The summed E-state index contributed by atoms with van der Waals surface area (Å²) in [6.45, 7) is 3.00. The Labute approximate surface area is 200 Å². The molecule has 0 bridgehead atoms. The number of pyridine rings is 1. The number of unbranched alkanes of at least 4 members (excludes halogenated alkanes) is 9. The largest absolute Gasteiger partial charge is 0.478 e. The molecule has 0 amide bonds. The van der Waals surface area contributed by atoms with Gasteiger partial charge in [0, 0.05) is 23.4 Å². The van der Waals surface area contributed by atoms with Crippen molar-refractivity contribution in [1.29, 1.82) is 0 Å². The van der Waals surface area contributed by atoms with Crippen LogP contribution < -0.4 is 10.4 Å². The summed E-state index contributed by atoms with van der Waals surface area (Å²) in [7, 11) is 0. The van der Waals surface area contributed by atoms with E-state index in [1.807, 2.05) is 6.92 Å². The summed E-state index contributed by atoms with van der Waals surface area (Å²) in [6.07, 6.45) is 16.7. The highest BCUT2D eigenvalue weighted by Gasteiger charge is 2.10. The molecule has 0 unspecified atom stereocenters. The molecule has 0 saturated heterocycles. The van der Waals surface area contributed by atoms with E-state index < -0.39 is 5.63 Å². The van der Waals surface area contributed by atoms with Gasteiger partial charge in [-0.05, 0) is 25.0 Å². The Bertz CT molecular complexity index is 1060. The molecule has 0 aromatic carbocycles. The Kier molecular flexibility index (Phi) is 10.7. The summed E-state index contributed by atoms with van der Waals surface area (Å²) in [4.78, 5) is 27.5. The molecule has 7 nitrogen and oxygen atoms in total. The van der Waals surface area contributed by atoms with Gasteiger partial charge in [0.1, 0.15) is 0 Å². The molecular formula is C27H35NO6. The minimum absolute atomic E-state index is 0.103. The number of fused-ring (bicyclic) bond motifs is 1. The SMILES string of the molecule is CCC(=O)OCCCCCCCCCCCCOc1cc2cc(-c3ccoc3)c(=O)oc2cn1. The van der Waals surface area contributed by atoms with Gasteiger partial charge in [-0.2, -0.15) is 0 Å². The number of hydrogen-bond acceptors (Lipinski definition) is 7. The number of rotatable bonds is 16. The number of esters is 1. The van der Waals surface area contributed by atoms with Gasteiger partial charge in [-0.1, -0.05) is 58.3 Å². The van der Waals surface area contributed by atoms with Crippen LogP contribution in [0.25, 0.3) is 22.1 Å². The van der Waals surface area contributed by atoms with Crippen LogP contribution in [0.2, 0.25) is 0 Å². The van der Waals surface area contributed by atoms with Crippen molar-refractivity contribution in [2.24, 2.45) is 0 Å². The van der Waals surface area contributed by atoms with E-state index in [1.54, 1.807) is 18.2 Å². The van der Waals surface area contributed by atoms with Crippen molar-refractivity contribution in [2.75, 3.05) is 13.2 Å². The van der Waals surface area contributed by atoms with Crippen molar-refractivity contribution < 1.29 is 23.1 Å². The molecule has 0 saturated carbocycles. The minimum Gasteiger partial charge on any atom is -0.478 e. The van der Waals surface area contributed by atoms with Crippen LogP contribution in [0.4, 0.5) is 0 Å². The standard InChI is InChI=1S/C27H35NO6/c1-2-26(29)33-15-12-10-8-6-4-3-5-7-9-11-14-32-25-18-22-17-23(21-13-16-31-20-21)27(30)34-24(22)19-28-25/h13,16-20H,2-12,14-15H2,1H3. The Balaban J connectivity index is 1.25. The van der Waals surface area contributed by atoms with Gasteiger partial charge in [-0.25, -0.2) is 9.78 Å². The van der Waals surface area contributed by atoms with Crippen molar-refractivity contribution in [3.63, 3.8) is 0 Å². The highest BCUT2D eigenvalue weighted by molar-refractivity contribution is 5.81. The molecule has 7 heteroatoms.